The summed E-state index contributed by atoms with van der Waals surface area (Å²) < 4.78 is 32.9. The Morgan fingerprint density at radius 3 is 2.60 bits per heavy atom. The molecule has 1 amide bonds. The van der Waals surface area contributed by atoms with Crippen LogP contribution in [-0.4, -0.2) is 48.7 Å². The number of hydrogen-bond donors (Lipinski definition) is 0. The molecular formula is C22H25N3O4S. The standard InChI is InChI=1S/C22H25N3O4S/c1-16(21-14-18-6-3-4-8-20(18)29-21)24(2)22(26)17-9-12-25(13-10-17)30(27,28)19-7-5-11-23-15-19/h3-8,11,14-17H,9-10,12-13H2,1-2H3/t16-/m0/s1. The predicted molar refractivity (Wildman–Crippen MR) is 113 cm³/mol. The SMILES string of the molecule is C[C@@H](c1cc2ccccc2o1)N(C)C(=O)C1CCN(S(=O)(=O)c2cccnc2)CC1. The van der Waals surface area contributed by atoms with Gasteiger partial charge in [-0.15, -0.1) is 0 Å². The number of rotatable bonds is 5. The molecule has 3 aromatic rings. The minimum Gasteiger partial charge on any atom is -0.459 e. The number of para-hydroxylation sites is 1. The van der Waals surface area contributed by atoms with Crippen molar-refractivity contribution in [2.75, 3.05) is 20.1 Å². The molecule has 0 bridgehead atoms. The first kappa shape index (κ1) is 20.6. The Bertz CT molecular complexity index is 1100. The van der Waals surface area contributed by atoms with E-state index in [9.17, 15) is 13.2 Å². The maximum atomic E-state index is 13.1. The molecule has 1 fully saturated rings. The van der Waals surface area contributed by atoms with Crippen molar-refractivity contribution in [1.29, 1.82) is 0 Å². The van der Waals surface area contributed by atoms with Crippen LogP contribution in [0.2, 0.25) is 0 Å². The summed E-state index contributed by atoms with van der Waals surface area (Å²) in [6, 6.07) is 12.7. The molecule has 1 aliphatic heterocycles. The Labute approximate surface area is 176 Å². The minimum atomic E-state index is -3.57. The van der Waals surface area contributed by atoms with Gasteiger partial charge in [0, 0.05) is 43.8 Å². The van der Waals surface area contributed by atoms with Gasteiger partial charge in [0.25, 0.3) is 0 Å². The lowest BCUT2D eigenvalue weighted by molar-refractivity contribution is -0.137. The zero-order valence-electron chi connectivity index (χ0n) is 17.1. The van der Waals surface area contributed by atoms with Crippen LogP contribution in [0.25, 0.3) is 11.0 Å². The first-order chi connectivity index (χ1) is 14.4. The maximum Gasteiger partial charge on any atom is 0.244 e. The minimum absolute atomic E-state index is 0.0152. The fraction of sp³-hybridized carbons (Fsp3) is 0.364. The molecular weight excluding hydrogens is 402 g/mol. The van der Waals surface area contributed by atoms with E-state index in [1.165, 1.54) is 10.5 Å². The Morgan fingerprint density at radius 2 is 1.93 bits per heavy atom. The summed E-state index contributed by atoms with van der Waals surface area (Å²) in [4.78, 5) is 18.8. The van der Waals surface area contributed by atoms with Crippen LogP contribution in [0.5, 0.6) is 0 Å². The third kappa shape index (κ3) is 3.85. The lowest BCUT2D eigenvalue weighted by atomic mass is 9.96. The number of piperidine rings is 1. The third-order valence-corrected chi connectivity index (χ3v) is 7.74. The summed E-state index contributed by atoms with van der Waals surface area (Å²) >= 11 is 0. The zero-order chi connectivity index (χ0) is 21.3. The van der Waals surface area contributed by atoms with Crippen LogP contribution in [0.4, 0.5) is 0 Å². The van der Waals surface area contributed by atoms with E-state index < -0.39 is 10.0 Å². The largest absolute Gasteiger partial charge is 0.459 e. The number of nitrogens with zero attached hydrogens (tertiary/aromatic N) is 3. The van der Waals surface area contributed by atoms with E-state index >= 15 is 0 Å². The lowest BCUT2D eigenvalue weighted by Gasteiger charge is -2.34. The highest BCUT2D eigenvalue weighted by Gasteiger charge is 2.34. The highest BCUT2D eigenvalue weighted by atomic mass is 32.2. The van der Waals surface area contributed by atoms with Gasteiger partial charge in [-0.3, -0.25) is 9.78 Å². The molecule has 158 valence electrons. The van der Waals surface area contributed by atoms with Gasteiger partial charge in [-0.05, 0) is 44.0 Å². The summed E-state index contributed by atoms with van der Waals surface area (Å²) in [5, 5.41) is 1.01. The van der Waals surface area contributed by atoms with Crippen LogP contribution in [-0.2, 0) is 14.8 Å². The number of benzene rings is 1. The first-order valence-corrected chi connectivity index (χ1v) is 11.5. The predicted octanol–water partition coefficient (Wildman–Crippen LogP) is 3.45. The fourth-order valence-electron chi connectivity index (χ4n) is 3.87. The Morgan fingerprint density at radius 1 is 1.20 bits per heavy atom. The van der Waals surface area contributed by atoms with Crippen molar-refractivity contribution in [2.45, 2.75) is 30.7 Å². The van der Waals surface area contributed by atoms with Gasteiger partial charge in [0.15, 0.2) is 0 Å². The number of fused-ring (bicyclic) bond motifs is 1. The summed E-state index contributed by atoms with van der Waals surface area (Å²) in [5.74, 6) is 0.548. The molecule has 0 spiro atoms. The molecule has 1 aromatic carbocycles. The van der Waals surface area contributed by atoms with E-state index in [0.717, 1.165) is 16.7 Å². The third-order valence-electron chi connectivity index (χ3n) is 5.86. The van der Waals surface area contributed by atoms with E-state index in [0.29, 0.717) is 25.9 Å². The van der Waals surface area contributed by atoms with Crippen LogP contribution in [0.3, 0.4) is 0 Å². The van der Waals surface area contributed by atoms with Crippen molar-refractivity contribution < 1.29 is 17.6 Å². The summed E-state index contributed by atoms with van der Waals surface area (Å²) in [7, 11) is -1.80. The fourth-order valence-corrected chi connectivity index (χ4v) is 5.30. The van der Waals surface area contributed by atoms with E-state index in [1.54, 1.807) is 30.3 Å². The molecule has 8 heteroatoms. The van der Waals surface area contributed by atoms with Crippen molar-refractivity contribution in [1.82, 2.24) is 14.2 Å². The Hall–Kier alpha value is -2.71. The number of amides is 1. The molecule has 0 saturated carbocycles. The molecule has 0 unspecified atom stereocenters. The molecule has 4 rings (SSSR count). The number of hydrogen-bond acceptors (Lipinski definition) is 5. The van der Waals surface area contributed by atoms with Crippen molar-refractivity contribution in [3.8, 4) is 0 Å². The zero-order valence-corrected chi connectivity index (χ0v) is 17.9. The van der Waals surface area contributed by atoms with Gasteiger partial charge in [0.2, 0.25) is 15.9 Å². The maximum absolute atomic E-state index is 13.1. The van der Waals surface area contributed by atoms with Gasteiger partial charge < -0.3 is 9.32 Å². The van der Waals surface area contributed by atoms with Gasteiger partial charge in [-0.2, -0.15) is 4.31 Å². The molecule has 2 aromatic heterocycles. The number of carbonyl (C=O) groups excluding carboxylic acids is 1. The second-order valence-electron chi connectivity index (χ2n) is 7.68. The molecule has 1 aliphatic rings. The lowest BCUT2D eigenvalue weighted by Crippen LogP contribution is -2.43. The molecule has 0 N–H and O–H groups in total. The molecule has 1 saturated heterocycles. The van der Waals surface area contributed by atoms with Crippen LogP contribution in [0, 0.1) is 5.92 Å². The van der Waals surface area contributed by atoms with Crippen LogP contribution >= 0.6 is 0 Å². The number of sulfonamides is 1. The average Bonchev–Trinajstić information content (AvgIpc) is 3.22. The topological polar surface area (TPSA) is 83.7 Å². The second kappa shape index (κ2) is 8.20. The summed E-state index contributed by atoms with van der Waals surface area (Å²) in [6.45, 7) is 2.58. The number of carbonyl (C=O) groups is 1. The molecule has 0 aliphatic carbocycles. The van der Waals surface area contributed by atoms with E-state index in [1.807, 2.05) is 37.3 Å². The smallest absolute Gasteiger partial charge is 0.244 e. The highest BCUT2D eigenvalue weighted by Crippen LogP contribution is 2.30. The highest BCUT2D eigenvalue weighted by molar-refractivity contribution is 7.89. The second-order valence-corrected chi connectivity index (χ2v) is 9.62. The number of aromatic nitrogens is 1. The summed E-state index contributed by atoms with van der Waals surface area (Å²) in [6.07, 6.45) is 3.89. The normalized spacial score (nSPS) is 17.1. The van der Waals surface area contributed by atoms with Crippen LogP contribution in [0.1, 0.15) is 31.6 Å². The Balaban J connectivity index is 1.41. The quantitative estimate of drug-likeness (QED) is 0.623. The van der Waals surface area contributed by atoms with Crippen molar-refractivity contribution in [3.05, 3.63) is 60.6 Å². The van der Waals surface area contributed by atoms with E-state index in [2.05, 4.69) is 4.98 Å². The number of furan rings is 1. The molecule has 7 nitrogen and oxygen atoms in total. The average molecular weight is 428 g/mol. The molecule has 3 heterocycles. The monoisotopic (exact) mass is 427 g/mol. The van der Waals surface area contributed by atoms with Crippen molar-refractivity contribution in [2.24, 2.45) is 5.92 Å². The van der Waals surface area contributed by atoms with Gasteiger partial charge in [0.1, 0.15) is 16.2 Å². The van der Waals surface area contributed by atoms with Crippen molar-refractivity contribution in [3.63, 3.8) is 0 Å². The van der Waals surface area contributed by atoms with Gasteiger partial charge >= 0.3 is 0 Å². The Kier molecular flexibility index (Phi) is 5.62. The van der Waals surface area contributed by atoms with Gasteiger partial charge in [-0.1, -0.05) is 18.2 Å². The summed E-state index contributed by atoms with van der Waals surface area (Å²) in [5.41, 5.74) is 0.800. The molecule has 1 atom stereocenters. The van der Waals surface area contributed by atoms with E-state index in [4.69, 9.17) is 4.42 Å². The molecule has 0 radical (unpaired) electrons. The number of pyridine rings is 1. The van der Waals surface area contributed by atoms with Crippen LogP contribution < -0.4 is 0 Å². The molecule has 30 heavy (non-hydrogen) atoms. The van der Waals surface area contributed by atoms with E-state index in [-0.39, 0.29) is 22.8 Å². The first-order valence-electron chi connectivity index (χ1n) is 10.0. The van der Waals surface area contributed by atoms with Crippen LogP contribution in [0.15, 0.2) is 64.2 Å². The van der Waals surface area contributed by atoms with Crippen molar-refractivity contribution >= 4 is 26.9 Å². The van der Waals surface area contributed by atoms with Gasteiger partial charge in [-0.25, -0.2) is 8.42 Å². The van der Waals surface area contributed by atoms with Gasteiger partial charge in [0.05, 0.1) is 6.04 Å².